The Labute approximate surface area is 175 Å². The first-order valence-corrected chi connectivity index (χ1v) is 9.93. The van der Waals surface area contributed by atoms with E-state index in [1.807, 2.05) is 26.8 Å². The summed E-state index contributed by atoms with van der Waals surface area (Å²) >= 11 is 11.4. The zero-order valence-corrected chi connectivity index (χ0v) is 17.9. The average molecular weight is 416 g/mol. The molecule has 0 radical (unpaired) electrons. The highest BCUT2D eigenvalue weighted by atomic mass is 35.5. The van der Waals surface area contributed by atoms with Crippen molar-refractivity contribution >= 4 is 52.5 Å². The van der Waals surface area contributed by atoms with E-state index >= 15 is 0 Å². The summed E-state index contributed by atoms with van der Waals surface area (Å²) in [6.07, 6.45) is 1.67. The Kier molecular flexibility index (Phi) is 5.72. The number of carbonyl (C=O) groups excluding carboxylic acids is 2. The number of rotatable bonds is 4. The molecule has 0 atom stereocenters. The van der Waals surface area contributed by atoms with Crippen molar-refractivity contribution in [3.8, 4) is 0 Å². The van der Waals surface area contributed by atoms with Crippen LogP contribution in [0.1, 0.15) is 30.8 Å². The number of hydrogen-bond acceptors (Lipinski definition) is 3. The molecule has 5 nitrogen and oxygen atoms in total. The van der Waals surface area contributed by atoms with Gasteiger partial charge in [0.25, 0.3) is 11.8 Å². The molecule has 2 heterocycles. The Bertz CT molecular complexity index is 992. The summed E-state index contributed by atoms with van der Waals surface area (Å²) in [5, 5.41) is 0.737. The van der Waals surface area contributed by atoms with Crippen molar-refractivity contribution < 1.29 is 9.59 Å². The lowest BCUT2D eigenvalue weighted by atomic mass is 10.1. The number of likely N-dealkylation sites (N-methyl/N-ethyl adjacent to an activating group) is 1. The van der Waals surface area contributed by atoms with Crippen molar-refractivity contribution in [1.29, 1.82) is 0 Å². The molecule has 1 saturated heterocycles. The molecule has 3 rings (SSSR count). The first-order valence-electron chi connectivity index (χ1n) is 9.14. The molecule has 0 spiro atoms. The van der Waals surface area contributed by atoms with Gasteiger partial charge >= 0.3 is 0 Å². The van der Waals surface area contributed by atoms with Crippen LogP contribution in [0.15, 0.2) is 35.9 Å². The summed E-state index contributed by atoms with van der Waals surface area (Å²) in [7, 11) is 0. The predicted octanol–water partition coefficient (Wildman–Crippen LogP) is 4.34. The number of thiocarbonyl (C=S) groups is 1. The second-order valence-electron chi connectivity index (χ2n) is 6.58. The van der Waals surface area contributed by atoms with Crippen LogP contribution in [0.5, 0.6) is 0 Å². The van der Waals surface area contributed by atoms with Crippen LogP contribution in [-0.4, -0.2) is 32.9 Å². The van der Waals surface area contributed by atoms with Gasteiger partial charge in [0.2, 0.25) is 0 Å². The van der Waals surface area contributed by atoms with Gasteiger partial charge in [0, 0.05) is 29.5 Å². The standard InChI is InChI=1S/C21H22ClN3O2S/c1-5-23-13(3)11-15(14(23)4)12-18-19(26)24(6-2)21(28)25(20(18)27)17-9-7-16(22)8-10-17/h7-12H,5-6H2,1-4H3/b18-12+. The van der Waals surface area contributed by atoms with Crippen LogP contribution in [0, 0.1) is 13.8 Å². The van der Waals surface area contributed by atoms with E-state index < -0.39 is 5.91 Å². The van der Waals surface area contributed by atoms with Crippen molar-refractivity contribution in [3.05, 3.63) is 57.9 Å². The molecule has 1 aromatic heterocycles. The maximum atomic E-state index is 13.3. The molecule has 0 bridgehead atoms. The van der Waals surface area contributed by atoms with Gasteiger partial charge in [-0.15, -0.1) is 0 Å². The molecule has 1 aliphatic rings. The van der Waals surface area contributed by atoms with Gasteiger partial charge < -0.3 is 4.57 Å². The third kappa shape index (κ3) is 3.38. The maximum Gasteiger partial charge on any atom is 0.270 e. The molecule has 28 heavy (non-hydrogen) atoms. The fourth-order valence-electron chi connectivity index (χ4n) is 3.49. The van der Waals surface area contributed by atoms with Crippen LogP contribution in [0.3, 0.4) is 0 Å². The highest BCUT2D eigenvalue weighted by molar-refractivity contribution is 7.80. The van der Waals surface area contributed by atoms with E-state index in [0.717, 1.165) is 23.5 Å². The lowest BCUT2D eigenvalue weighted by molar-refractivity contribution is -0.127. The Morgan fingerprint density at radius 2 is 1.68 bits per heavy atom. The van der Waals surface area contributed by atoms with Gasteiger partial charge in [-0.25, -0.2) is 0 Å². The summed E-state index contributed by atoms with van der Waals surface area (Å²) in [5.74, 6) is -0.799. The van der Waals surface area contributed by atoms with Gasteiger partial charge in [-0.05, 0) is 81.9 Å². The fourth-order valence-corrected chi connectivity index (χ4v) is 4.01. The third-order valence-electron chi connectivity index (χ3n) is 4.96. The molecule has 0 aliphatic carbocycles. The van der Waals surface area contributed by atoms with E-state index in [9.17, 15) is 9.59 Å². The van der Waals surface area contributed by atoms with Gasteiger partial charge in [-0.3, -0.25) is 19.4 Å². The van der Waals surface area contributed by atoms with Crippen LogP contribution in [0.2, 0.25) is 5.02 Å². The lowest BCUT2D eigenvalue weighted by Gasteiger charge is -2.36. The molecule has 2 aromatic rings. The minimum absolute atomic E-state index is 0.0988. The van der Waals surface area contributed by atoms with E-state index in [4.69, 9.17) is 23.8 Å². The Morgan fingerprint density at radius 3 is 2.21 bits per heavy atom. The van der Waals surface area contributed by atoms with Gasteiger partial charge in [-0.2, -0.15) is 0 Å². The predicted molar refractivity (Wildman–Crippen MR) is 116 cm³/mol. The summed E-state index contributed by atoms with van der Waals surface area (Å²) in [4.78, 5) is 29.1. The quantitative estimate of drug-likeness (QED) is 0.424. The van der Waals surface area contributed by atoms with E-state index in [0.29, 0.717) is 17.3 Å². The van der Waals surface area contributed by atoms with E-state index in [-0.39, 0.29) is 16.6 Å². The normalized spacial score (nSPS) is 16.5. The number of halogens is 1. The first-order chi connectivity index (χ1) is 13.3. The van der Waals surface area contributed by atoms with E-state index in [1.54, 1.807) is 30.3 Å². The number of aromatic nitrogens is 1. The van der Waals surface area contributed by atoms with Crippen LogP contribution in [0.25, 0.3) is 6.08 Å². The van der Waals surface area contributed by atoms with E-state index in [1.165, 1.54) is 9.80 Å². The van der Waals surface area contributed by atoms with Crippen molar-refractivity contribution in [3.63, 3.8) is 0 Å². The lowest BCUT2D eigenvalue weighted by Crippen LogP contribution is -2.56. The number of benzene rings is 1. The molecule has 1 aliphatic heterocycles. The minimum Gasteiger partial charge on any atom is -0.349 e. The van der Waals surface area contributed by atoms with Gasteiger partial charge in [-0.1, -0.05) is 11.6 Å². The van der Waals surface area contributed by atoms with Crippen molar-refractivity contribution in [1.82, 2.24) is 9.47 Å². The van der Waals surface area contributed by atoms with Crippen LogP contribution in [-0.2, 0) is 16.1 Å². The summed E-state index contributed by atoms with van der Waals surface area (Å²) in [5.41, 5.74) is 3.63. The second kappa shape index (κ2) is 7.89. The molecular formula is C21H22ClN3O2S. The van der Waals surface area contributed by atoms with Gasteiger partial charge in [0.15, 0.2) is 5.11 Å². The summed E-state index contributed by atoms with van der Waals surface area (Å²) < 4.78 is 2.14. The average Bonchev–Trinajstić information content (AvgIpc) is 2.93. The second-order valence-corrected chi connectivity index (χ2v) is 7.38. The Hall–Kier alpha value is -2.44. The minimum atomic E-state index is -0.427. The topological polar surface area (TPSA) is 45.6 Å². The SMILES string of the molecule is CCN1C(=O)/C(=C\c2cc(C)n(CC)c2C)C(=O)N(c2ccc(Cl)cc2)C1=S. The first kappa shape index (κ1) is 20.3. The largest absolute Gasteiger partial charge is 0.349 e. The molecule has 1 fully saturated rings. The number of amides is 2. The zero-order chi connectivity index (χ0) is 20.6. The fraction of sp³-hybridized carbons (Fsp3) is 0.286. The zero-order valence-electron chi connectivity index (χ0n) is 16.3. The molecule has 7 heteroatoms. The van der Waals surface area contributed by atoms with Crippen molar-refractivity contribution in [2.45, 2.75) is 34.2 Å². The Morgan fingerprint density at radius 1 is 1.04 bits per heavy atom. The van der Waals surface area contributed by atoms with Crippen LogP contribution >= 0.6 is 23.8 Å². The summed E-state index contributed by atoms with van der Waals surface area (Å²) in [6, 6.07) is 8.81. The molecule has 0 unspecified atom stereocenters. The molecular weight excluding hydrogens is 394 g/mol. The number of anilines is 1. The number of hydrogen-bond donors (Lipinski definition) is 0. The van der Waals surface area contributed by atoms with Crippen LogP contribution < -0.4 is 4.90 Å². The molecule has 2 amide bonds. The number of carbonyl (C=O) groups is 2. The summed E-state index contributed by atoms with van der Waals surface area (Å²) in [6.45, 7) is 9.09. The molecule has 146 valence electrons. The van der Waals surface area contributed by atoms with Crippen LogP contribution in [0.4, 0.5) is 5.69 Å². The highest BCUT2D eigenvalue weighted by Gasteiger charge is 2.39. The number of nitrogens with zero attached hydrogens (tertiary/aromatic N) is 3. The van der Waals surface area contributed by atoms with Crippen molar-refractivity contribution in [2.24, 2.45) is 0 Å². The van der Waals surface area contributed by atoms with Gasteiger partial charge in [0.05, 0.1) is 5.69 Å². The maximum absolute atomic E-state index is 13.3. The van der Waals surface area contributed by atoms with E-state index in [2.05, 4.69) is 11.5 Å². The van der Waals surface area contributed by atoms with Gasteiger partial charge in [0.1, 0.15) is 5.57 Å². The monoisotopic (exact) mass is 415 g/mol. The highest BCUT2D eigenvalue weighted by Crippen LogP contribution is 2.28. The van der Waals surface area contributed by atoms with Crippen molar-refractivity contribution in [2.75, 3.05) is 11.4 Å². The third-order valence-corrected chi connectivity index (χ3v) is 5.62. The molecule has 0 N–H and O–H groups in total. The Balaban J connectivity index is 2.12. The smallest absolute Gasteiger partial charge is 0.270 e. The molecule has 1 aromatic carbocycles. The molecule has 0 saturated carbocycles. The number of aryl methyl sites for hydroxylation is 1.